The fourth-order valence-corrected chi connectivity index (χ4v) is 2.44. The number of aryl methyl sites for hydroxylation is 4. The van der Waals surface area contributed by atoms with Crippen LogP contribution in [-0.4, -0.2) is 9.13 Å². The number of imidazole rings is 1. The summed E-state index contributed by atoms with van der Waals surface area (Å²) in [5.74, 6) is 0. The van der Waals surface area contributed by atoms with Gasteiger partial charge in [-0.15, -0.1) is 0 Å². The van der Waals surface area contributed by atoms with Crippen LogP contribution in [0.3, 0.4) is 0 Å². The molecule has 0 saturated carbocycles. The molecule has 0 fully saturated rings. The molecule has 0 aliphatic heterocycles. The average Bonchev–Trinajstić information content (AvgIpc) is 2.48. The van der Waals surface area contributed by atoms with Gasteiger partial charge in [-0.05, 0) is 0 Å². The summed E-state index contributed by atoms with van der Waals surface area (Å²) in [6.45, 7) is 6.41. The number of hydrogen-bond donors (Lipinski definition) is 0. The van der Waals surface area contributed by atoms with E-state index in [1.165, 1.54) is 22.4 Å². The van der Waals surface area contributed by atoms with E-state index in [-0.39, 0.29) is 0 Å². The van der Waals surface area contributed by atoms with Crippen LogP contribution in [0, 0.1) is 25.1 Å². The Kier molecular flexibility index (Phi) is 2.91. The summed E-state index contributed by atoms with van der Waals surface area (Å²) in [5.41, 5.74) is 5.09. The zero-order valence-electron chi connectivity index (χ0n) is 10.0. The van der Waals surface area contributed by atoms with E-state index in [0.717, 1.165) is 4.36 Å². The van der Waals surface area contributed by atoms with Crippen molar-refractivity contribution in [2.24, 2.45) is 7.05 Å². The molecule has 2 nitrogen and oxygen atoms in total. The molecule has 1 aromatic carbocycles. The molecule has 0 N–H and O–H groups in total. The second-order valence-electron chi connectivity index (χ2n) is 4.28. The summed E-state index contributed by atoms with van der Waals surface area (Å²) >= 11 is 4.57. The van der Waals surface area contributed by atoms with Gasteiger partial charge in [-0.25, -0.2) is 0 Å². The summed E-state index contributed by atoms with van der Waals surface area (Å²) in [7, 11) is 2.00. The molecular formula is C13H16CoN2. The van der Waals surface area contributed by atoms with Crippen LogP contribution in [0.4, 0.5) is 0 Å². The standard InChI is InChI=1S/C13H16N2.Co/c1-10-7-11(2)13(12(3)8-10)15-6-5-14(4)9-15;/h5-8H,1-4H3;. The molecule has 0 spiro atoms. The fourth-order valence-electron chi connectivity index (χ4n) is 2.17. The van der Waals surface area contributed by atoms with Crippen molar-refractivity contribution in [3.8, 4) is 5.69 Å². The molecule has 1 heterocycles. The van der Waals surface area contributed by atoms with Crippen LogP contribution >= 0.6 is 0 Å². The Morgan fingerprint density at radius 3 is 2.00 bits per heavy atom. The van der Waals surface area contributed by atoms with Crippen LogP contribution in [0.5, 0.6) is 0 Å². The quantitative estimate of drug-likeness (QED) is 0.745. The van der Waals surface area contributed by atoms with Gasteiger partial charge in [-0.3, -0.25) is 0 Å². The van der Waals surface area contributed by atoms with Crippen molar-refractivity contribution in [1.29, 1.82) is 0 Å². The van der Waals surface area contributed by atoms with Crippen LogP contribution < -0.4 is 0 Å². The van der Waals surface area contributed by atoms with Crippen molar-refractivity contribution >= 4 is 0 Å². The predicted molar refractivity (Wildman–Crippen MR) is 62.2 cm³/mol. The molecule has 87 valence electrons. The topological polar surface area (TPSA) is 9.86 Å². The Morgan fingerprint density at radius 2 is 1.56 bits per heavy atom. The third-order valence-corrected chi connectivity index (χ3v) is 3.40. The number of benzene rings is 1. The third kappa shape index (κ3) is 1.81. The van der Waals surface area contributed by atoms with Gasteiger partial charge in [0.25, 0.3) is 0 Å². The Morgan fingerprint density at radius 1 is 1.00 bits per heavy atom. The van der Waals surface area contributed by atoms with E-state index in [9.17, 15) is 0 Å². The molecule has 0 unspecified atom stereocenters. The number of aromatic nitrogens is 2. The molecule has 2 aromatic rings. The summed E-state index contributed by atoms with van der Waals surface area (Å²) in [5, 5.41) is 0. The first-order chi connectivity index (χ1) is 7.50. The van der Waals surface area contributed by atoms with Gasteiger partial charge in [-0.2, -0.15) is 0 Å². The van der Waals surface area contributed by atoms with Gasteiger partial charge in [0.2, 0.25) is 0 Å². The van der Waals surface area contributed by atoms with Crippen molar-refractivity contribution < 1.29 is 15.3 Å². The monoisotopic (exact) mass is 259 g/mol. The minimum absolute atomic E-state index is 0.933. The Hall–Kier alpha value is -1.06. The first-order valence-electron chi connectivity index (χ1n) is 5.29. The molecule has 0 aliphatic rings. The fraction of sp³-hybridized carbons (Fsp3) is 0.308. The van der Waals surface area contributed by atoms with Gasteiger partial charge in [0.1, 0.15) is 0 Å². The van der Waals surface area contributed by atoms with E-state index in [2.05, 4.69) is 52.8 Å². The molecule has 0 atom stereocenters. The van der Waals surface area contributed by atoms with E-state index in [1.807, 2.05) is 24.0 Å². The Labute approximate surface area is 104 Å². The van der Waals surface area contributed by atoms with Gasteiger partial charge in [-0.1, -0.05) is 0 Å². The van der Waals surface area contributed by atoms with E-state index >= 15 is 0 Å². The Balaban J connectivity index is 2.74. The van der Waals surface area contributed by atoms with Gasteiger partial charge in [0.05, 0.1) is 0 Å². The summed E-state index contributed by atoms with van der Waals surface area (Å²) in [6.07, 6.45) is 4.06. The summed E-state index contributed by atoms with van der Waals surface area (Å²) < 4.78 is 5.05. The maximum absolute atomic E-state index is 4.57. The number of nitrogens with zero attached hydrogens (tertiary/aromatic N) is 2. The molecule has 2 rings (SSSR count). The van der Waals surface area contributed by atoms with E-state index in [4.69, 9.17) is 0 Å². The van der Waals surface area contributed by atoms with Gasteiger partial charge < -0.3 is 0 Å². The first-order valence-corrected chi connectivity index (χ1v) is 5.81. The maximum atomic E-state index is 4.57. The molecule has 0 radical (unpaired) electrons. The molecule has 0 saturated heterocycles. The first kappa shape index (κ1) is 11.4. The van der Waals surface area contributed by atoms with E-state index in [1.54, 1.807) is 0 Å². The average molecular weight is 259 g/mol. The molecule has 1 aromatic heterocycles. The molecule has 0 aliphatic carbocycles. The predicted octanol–water partition coefficient (Wildman–Crippen LogP) is 2.82. The molecular weight excluding hydrogens is 243 g/mol. The zero-order valence-corrected chi connectivity index (χ0v) is 11.1. The normalized spacial score (nSPS) is 10.8. The molecule has 0 bridgehead atoms. The van der Waals surface area contributed by atoms with E-state index < -0.39 is 0 Å². The van der Waals surface area contributed by atoms with Crippen molar-refractivity contribution in [3.63, 3.8) is 0 Å². The van der Waals surface area contributed by atoms with Crippen molar-refractivity contribution in [3.05, 3.63) is 45.6 Å². The van der Waals surface area contributed by atoms with Gasteiger partial charge in [0, 0.05) is 0 Å². The van der Waals surface area contributed by atoms with Crippen LogP contribution in [0.1, 0.15) is 16.7 Å². The SMILES string of the molecule is Cc1cc(C)c(-n2ccn(C)[c]2=[Co])c(C)c1. The number of rotatable bonds is 1. The molecule has 0 amide bonds. The second kappa shape index (κ2) is 4.07. The minimum atomic E-state index is 0.933. The van der Waals surface area contributed by atoms with Gasteiger partial charge >= 0.3 is 104 Å². The Bertz CT molecular complexity index is 567. The van der Waals surface area contributed by atoms with Crippen LogP contribution in [0.15, 0.2) is 24.5 Å². The van der Waals surface area contributed by atoms with Crippen LogP contribution in [0.2, 0.25) is 0 Å². The van der Waals surface area contributed by atoms with E-state index in [0.29, 0.717) is 0 Å². The van der Waals surface area contributed by atoms with Crippen LogP contribution in [-0.2, 0) is 22.4 Å². The molecule has 16 heavy (non-hydrogen) atoms. The van der Waals surface area contributed by atoms with Crippen molar-refractivity contribution in [2.45, 2.75) is 20.8 Å². The van der Waals surface area contributed by atoms with Crippen molar-refractivity contribution in [1.82, 2.24) is 9.13 Å². The van der Waals surface area contributed by atoms with Crippen LogP contribution in [0.25, 0.3) is 5.69 Å². The molecule has 3 heteroatoms. The zero-order chi connectivity index (χ0) is 11.9. The number of hydrogen-bond acceptors (Lipinski definition) is 0. The third-order valence-electron chi connectivity index (χ3n) is 2.78. The van der Waals surface area contributed by atoms with Gasteiger partial charge in [0.15, 0.2) is 0 Å². The second-order valence-corrected chi connectivity index (χ2v) is 4.74. The van der Waals surface area contributed by atoms with Crippen molar-refractivity contribution in [2.75, 3.05) is 0 Å². The summed E-state index contributed by atoms with van der Waals surface area (Å²) in [6, 6.07) is 4.41. The summed E-state index contributed by atoms with van der Waals surface area (Å²) in [4.78, 5) is 0.